The van der Waals surface area contributed by atoms with Gasteiger partial charge in [-0.2, -0.15) is 13.2 Å². The Hall–Kier alpha value is -2.74. The lowest BCUT2D eigenvalue weighted by Gasteiger charge is -2.36. The predicted molar refractivity (Wildman–Crippen MR) is 73.0 cm³/mol. The molecule has 0 aliphatic carbocycles. The third-order valence-electron chi connectivity index (χ3n) is 3.32. The summed E-state index contributed by atoms with van der Waals surface area (Å²) in [5.74, 6) is -0.903. The van der Waals surface area contributed by atoms with E-state index in [2.05, 4.69) is 20.7 Å². The van der Waals surface area contributed by atoms with Gasteiger partial charge in [-0.15, -0.1) is 0 Å². The van der Waals surface area contributed by atoms with Crippen LogP contribution in [0.1, 0.15) is 11.1 Å². The number of β-lactam (4-membered cyclic amide) rings is 1. The van der Waals surface area contributed by atoms with E-state index in [1.54, 1.807) is 0 Å². The van der Waals surface area contributed by atoms with Gasteiger partial charge in [-0.1, -0.05) is 17.2 Å². The highest BCUT2D eigenvalue weighted by molar-refractivity contribution is 5.93. The third-order valence-corrected chi connectivity index (χ3v) is 3.32. The average molecular weight is 327 g/mol. The lowest BCUT2D eigenvalue weighted by Crippen LogP contribution is -2.70. The second-order valence-corrected chi connectivity index (χ2v) is 4.95. The Balaban J connectivity index is 1.92. The number of amides is 2. The fraction of sp³-hybridized carbons (Fsp3) is 0.385. The lowest BCUT2D eigenvalue weighted by molar-refractivity contribution is -0.137. The van der Waals surface area contributed by atoms with Crippen molar-refractivity contribution < 1.29 is 22.8 Å². The SMILES string of the molecule is [N-]=[N+]=NC[C@@H]1NC(=O)[C@@H]1NC(=O)Cc1ccc(C(F)(F)F)cc1. The quantitative estimate of drug-likeness (QED) is 0.370. The molecule has 7 nitrogen and oxygen atoms in total. The summed E-state index contributed by atoms with van der Waals surface area (Å²) in [6.07, 6.45) is -4.59. The van der Waals surface area contributed by atoms with Gasteiger partial charge in [0.15, 0.2) is 0 Å². The van der Waals surface area contributed by atoms with Crippen molar-refractivity contribution in [1.29, 1.82) is 0 Å². The molecule has 2 N–H and O–H groups in total. The number of halogens is 3. The Morgan fingerprint density at radius 1 is 1.35 bits per heavy atom. The van der Waals surface area contributed by atoms with E-state index in [0.717, 1.165) is 12.1 Å². The molecule has 2 atom stereocenters. The van der Waals surface area contributed by atoms with Gasteiger partial charge in [0.25, 0.3) is 0 Å². The molecule has 2 amide bonds. The zero-order valence-corrected chi connectivity index (χ0v) is 11.7. The smallest absolute Gasteiger partial charge is 0.349 e. The van der Waals surface area contributed by atoms with Crippen molar-refractivity contribution in [2.75, 3.05) is 6.54 Å². The summed E-state index contributed by atoms with van der Waals surface area (Å²) >= 11 is 0. The molecule has 122 valence electrons. The highest BCUT2D eigenvalue weighted by Crippen LogP contribution is 2.29. The van der Waals surface area contributed by atoms with E-state index in [-0.39, 0.29) is 13.0 Å². The topological polar surface area (TPSA) is 107 Å². The van der Waals surface area contributed by atoms with Crippen molar-refractivity contribution in [3.05, 3.63) is 45.8 Å². The first-order chi connectivity index (χ1) is 10.8. The molecule has 23 heavy (non-hydrogen) atoms. The summed E-state index contributed by atoms with van der Waals surface area (Å²) < 4.78 is 37.3. The van der Waals surface area contributed by atoms with Crippen LogP contribution in [0.2, 0.25) is 0 Å². The molecule has 1 heterocycles. The standard InChI is InChI=1S/C13H12F3N5O2/c14-13(15,16)8-3-1-7(2-4-8)5-10(22)20-11-9(6-18-21-17)19-12(11)23/h1-4,9,11H,5-6H2,(H,19,23)(H,20,22)/t9-,11+/m0/s1. The van der Waals surface area contributed by atoms with Crippen LogP contribution in [0.5, 0.6) is 0 Å². The number of hydrogen-bond donors (Lipinski definition) is 2. The molecule has 2 rings (SSSR count). The van der Waals surface area contributed by atoms with Crippen LogP contribution in [0.4, 0.5) is 13.2 Å². The third kappa shape index (κ3) is 4.13. The van der Waals surface area contributed by atoms with Gasteiger partial charge in [0.2, 0.25) is 11.8 Å². The number of rotatable bonds is 5. The van der Waals surface area contributed by atoms with Gasteiger partial charge in [-0.05, 0) is 23.2 Å². The molecule has 0 bridgehead atoms. The van der Waals surface area contributed by atoms with Crippen LogP contribution in [0.3, 0.4) is 0 Å². The van der Waals surface area contributed by atoms with E-state index >= 15 is 0 Å². The number of hydrogen-bond acceptors (Lipinski definition) is 3. The van der Waals surface area contributed by atoms with E-state index in [0.29, 0.717) is 5.56 Å². The van der Waals surface area contributed by atoms with Gasteiger partial charge in [-0.3, -0.25) is 9.59 Å². The van der Waals surface area contributed by atoms with Crippen LogP contribution in [0.15, 0.2) is 29.4 Å². The van der Waals surface area contributed by atoms with E-state index in [1.807, 2.05) is 0 Å². The van der Waals surface area contributed by atoms with Crippen molar-refractivity contribution in [2.45, 2.75) is 24.7 Å². The second-order valence-electron chi connectivity index (χ2n) is 4.95. The Kier molecular flexibility index (Phi) is 4.75. The van der Waals surface area contributed by atoms with Crippen LogP contribution in [0.25, 0.3) is 10.4 Å². The minimum absolute atomic E-state index is 0.00741. The molecule has 0 aromatic heterocycles. The fourth-order valence-corrected chi connectivity index (χ4v) is 2.11. The van der Waals surface area contributed by atoms with Crippen molar-refractivity contribution >= 4 is 11.8 Å². The fourth-order valence-electron chi connectivity index (χ4n) is 2.11. The van der Waals surface area contributed by atoms with Crippen LogP contribution in [0, 0.1) is 0 Å². The van der Waals surface area contributed by atoms with Gasteiger partial charge in [0.1, 0.15) is 6.04 Å². The van der Waals surface area contributed by atoms with Gasteiger partial charge >= 0.3 is 6.18 Å². The molecule has 1 fully saturated rings. The monoisotopic (exact) mass is 327 g/mol. The zero-order chi connectivity index (χ0) is 17.0. The number of carbonyl (C=O) groups excluding carboxylic acids is 2. The number of nitrogens with zero attached hydrogens (tertiary/aromatic N) is 3. The number of azide groups is 1. The predicted octanol–water partition coefficient (Wildman–Crippen LogP) is 1.54. The lowest BCUT2D eigenvalue weighted by atomic mass is 9.98. The Morgan fingerprint density at radius 2 is 2.00 bits per heavy atom. The number of nitrogens with one attached hydrogen (secondary N) is 2. The normalized spacial score (nSPS) is 20.0. The molecular weight excluding hydrogens is 315 g/mol. The first kappa shape index (κ1) is 16.6. The molecule has 0 spiro atoms. The molecule has 0 radical (unpaired) electrons. The summed E-state index contributed by atoms with van der Waals surface area (Å²) in [7, 11) is 0. The minimum atomic E-state index is -4.43. The average Bonchev–Trinajstić information content (AvgIpc) is 2.48. The Labute approximate surface area is 128 Å². The van der Waals surface area contributed by atoms with E-state index in [1.165, 1.54) is 12.1 Å². The zero-order valence-electron chi connectivity index (χ0n) is 11.7. The van der Waals surface area contributed by atoms with Crippen LogP contribution in [-0.4, -0.2) is 30.4 Å². The van der Waals surface area contributed by atoms with Crippen molar-refractivity contribution in [1.82, 2.24) is 10.6 Å². The molecule has 1 aromatic carbocycles. The number of benzene rings is 1. The molecule has 1 aliphatic rings. The summed E-state index contributed by atoms with van der Waals surface area (Å²) in [4.78, 5) is 25.8. The summed E-state index contributed by atoms with van der Waals surface area (Å²) in [6, 6.07) is 2.92. The van der Waals surface area contributed by atoms with Gasteiger partial charge < -0.3 is 10.6 Å². The molecule has 0 saturated carbocycles. The van der Waals surface area contributed by atoms with Crippen molar-refractivity contribution in [3.63, 3.8) is 0 Å². The largest absolute Gasteiger partial charge is 0.416 e. The van der Waals surface area contributed by atoms with E-state index in [9.17, 15) is 22.8 Å². The van der Waals surface area contributed by atoms with Crippen LogP contribution >= 0.6 is 0 Å². The minimum Gasteiger partial charge on any atom is -0.349 e. The highest BCUT2D eigenvalue weighted by atomic mass is 19.4. The summed E-state index contributed by atoms with van der Waals surface area (Å²) in [6.45, 7) is 0.00741. The van der Waals surface area contributed by atoms with Crippen LogP contribution < -0.4 is 10.6 Å². The molecule has 0 unspecified atom stereocenters. The summed E-state index contributed by atoms with van der Waals surface area (Å²) in [5.41, 5.74) is 7.82. The molecule has 10 heteroatoms. The van der Waals surface area contributed by atoms with Gasteiger partial charge in [0, 0.05) is 11.5 Å². The molecular formula is C13H12F3N5O2. The van der Waals surface area contributed by atoms with E-state index in [4.69, 9.17) is 5.53 Å². The van der Waals surface area contributed by atoms with Gasteiger partial charge in [-0.25, -0.2) is 0 Å². The maximum Gasteiger partial charge on any atom is 0.416 e. The first-order valence-corrected chi connectivity index (χ1v) is 6.58. The van der Waals surface area contributed by atoms with Crippen molar-refractivity contribution in [2.24, 2.45) is 5.11 Å². The van der Waals surface area contributed by atoms with Gasteiger partial charge in [0.05, 0.1) is 18.0 Å². The Bertz CT molecular complexity index is 653. The number of carbonyl (C=O) groups is 2. The molecule has 1 aromatic rings. The maximum absolute atomic E-state index is 12.4. The van der Waals surface area contributed by atoms with Crippen LogP contribution in [-0.2, 0) is 22.2 Å². The highest BCUT2D eigenvalue weighted by Gasteiger charge is 2.39. The molecule has 1 saturated heterocycles. The van der Waals surface area contributed by atoms with Crippen molar-refractivity contribution in [3.8, 4) is 0 Å². The van der Waals surface area contributed by atoms with E-state index < -0.39 is 35.6 Å². The number of alkyl halides is 3. The summed E-state index contributed by atoms with van der Waals surface area (Å²) in [5, 5.41) is 8.25. The second kappa shape index (κ2) is 6.57. The maximum atomic E-state index is 12.4. The first-order valence-electron chi connectivity index (χ1n) is 6.58. The molecule has 1 aliphatic heterocycles. The Morgan fingerprint density at radius 3 is 2.52 bits per heavy atom.